The van der Waals surface area contributed by atoms with Crippen LogP contribution in [0.5, 0.6) is 0 Å². The maximum absolute atomic E-state index is 11.9. The van der Waals surface area contributed by atoms with Crippen LogP contribution in [0.3, 0.4) is 0 Å². The van der Waals surface area contributed by atoms with E-state index in [4.69, 9.17) is 5.73 Å². The molecule has 1 aliphatic rings. The van der Waals surface area contributed by atoms with Crippen molar-refractivity contribution in [2.75, 3.05) is 19.6 Å². The lowest BCUT2D eigenvalue weighted by Gasteiger charge is -2.26. The molecule has 1 rings (SSSR count). The summed E-state index contributed by atoms with van der Waals surface area (Å²) in [5.41, 5.74) is 5.76. The Hall–Kier alpha value is -1.10. The van der Waals surface area contributed by atoms with Crippen molar-refractivity contribution >= 4 is 11.8 Å². The smallest absolute Gasteiger partial charge is 0.236 e. The Morgan fingerprint density at radius 2 is 1.95 bits per heavy atom. The van der Waals surface area contributed by atoms with Crippen LogP contribution >= 0.6 is 0 Å². The lowest BCUT2D eigenvalue weighted by molar-refractivity contribution is -0.132. The first-order chi connectivity index (χ1) is 9.15. The Morgan fingerprint density at radius 1 is 1.26 bits per heavy atom. The molecule has 5 heteroatoms. The molecule has 1 heterocycles. The van der Waals surface area contributed by atoms with E-state index in [1.165, 1.54) is 6.42 Å². The monoisotopic (exact) mass is 269 g/mol. The molecule has 1 atom stereocenters. The predicted octanol–water partition coefficient (Wildman–Crippen LogP) is 1.02. The minimum absolute atomic E-state index is 0.139. The number of piperidine rings is 1. The molecule has 0 radical (unpaired) electrons. The summed E-state index contributed by atoms with van der Waals surface area (Å²) in [6.07, 6.45) is 6.50. The molecule has 3 N–H and O–H groups in total. The van der Waals surface area contributed by atoms with Gasteiger partial charge >= 0.3 is 0 Å². The summed E-state index contributed by atoms with van der Waals surface area (Å²) in [5.74, 6) is 0.00187. The van der Waals surface area contributed by atoms with E-state index >= 15 is 0 Å². The summed E-state index contributed by atoms with van der Waals surface area (Å²) < 4.78 is 0. The quantitative estimate of drug-likeness (QED) is 0.724. The van der Waals surface area contributed by atoms with Crippen molar-refractivity contribution in [3.63, 3.8) is 0 Å². The summed E-state index contributed by atoms with van der Waals surface area (Å²) in [6, 6.07) is -0.440. The third-order valence-electron chi connectivity index (χ3n) is 3.55. The summed E-state index contributed by atoms with van der Waals surface area (Å²) in [7, 11) is 0. The normalized spacial score (nSPS) is 17.1. The van der Waals surface area contributed by atoms with E-state index in [0.29, 0.717) is 19.4 Å². The summed E-state index contributed by atoms with van der Waals surface area (Å²) >= 11 is 0. The van der Waals surface area contributed by atoms with Crippen molar-refractivity contribution in [3.05, 3.63) is 0 Å². The molecular weight excluding hydrogens is 242 g/mol. The number of nitrogens with zero attached hydrogens (tertiary/aromatic N) is 1. The molecule has 5 nitrogen and oxygen atoms in total. The van der Waals surface area contributed by atoms with Crippen molar-refractivity contribution < 1.29 is 9.59 Å². The van der Waals surface area contributed by atoms with Gasteiger partial charge in [-0.1, -0.05) is 19.8 Å². The molecule has 0 aromatic rings. The Bertz CT molecular complexity index is 288. The fourth-order valence-corrected chi connectivity index (χ4v) is 2.28. The summed E-state index contributed by atoms with van der Waals surface area (Å²) in [5, 5.41) is 2.75. The highest BCUT2D eigenvalue weighted by molar-refractivity contribution is 5.82. The van der Waals surface area contributed by atoms with E-state index in [1.54, 1.807) is 0 Å². The molecule has 0 saturated carbocycles. The molecule has 0 aromatic heterocycles. The van der Waals surface area contributed by atoms with E-state index in [2.05, 4.69) is 12.2 Å². The number of nitrogens with one attached hydrogen (secondary N) is 1. The first-order valence-electron chi connectivity index (χ1n) is 7.46. The van der Waals surface area contributed by atoms with Crippen LogP contribution in [0.25, 0.3) is 0 Å². The van der Waals surface area contributed by atoms with Gasteiger partial charge in [-0.15, -0.1) is 0 Å². The Kier molecular flexibility index (Phi) is 7.48. The maximum Gasteiger partial charge on any atom is 0.236 e. The summed E-state index contributed by atoms with van der Waals surface area (Å²) in [6.45, 7) is 4.20. The lowest BCUT2D eigenvalue weighted by Crippen LogP contribution is -2.42. The second-order valence-electron chi connectivity index (χ2n) is 5.23. The number of amides is 2. The Morgan fingerprint density at radius 3 is 2.58 bits per heavy atom. The number of rotatable bonds is 7. The first-order valence-corrected chi connectivity index (χ1v) is 7.46. The van der Waals surface area contributed by atoms with E-state index in [-0.39, 0.29) is 11.8 Å². The van der Waals surface area contributed by atoms with Gasteiger partial charge < -0.3 is 16.0 Å². The van der Waals surface area contributed by atoms with Gasteiger partial charge in [-0.05, 0) is 25.7 Å². The molecule has 0 spiro atoms. The molecule has 2 amide bonds. The van der Waals surface area contributed by atoms with Crippen molar-refractivity contribution in [1.82, 2.24) is 10.2 Å². The topological polar surface area (TPSA) is 75.4 Å². The van der Waals surface area contributed by atoms with Crippen LogP contribution in [0.15, 0.2) is 0 Å². The number of carbonyl (C=O) groups excluding carboxylic acids is 2. The predicted molar refractivity (Wildman–Crippen MR) is 75.6 cm³/mol. The van der Waals surface area contributed by atoms with Crippen molar-refractivity contribution in [3.8, 4) is 0 Å². The highest BCUT2D eigenvalue weighted by Gasteiger charge is 2.17. The zero-order chi connectivity index (χ0) is 14.1. The molecule has 1 saturated heterocycles. The average Bonchev–Trinajstić information content (AvgIpc) is 2.45. The van der Waals surface area contributed by atoms with Crippen molar-refractivity contribution in [1.29, 1.82) is 0 Å². The average molecular weight is 269 g/mol. The van der Waals surface area contributed by atoms with E-state index in [1.807, 2.05) is 4.90 Å². The van der Waals surface area contributed by atoms with Crippen LogP contribution in [0.4, 0.5) is 0 Å². The SMILES string of the molecule is CCCCC(N)C(=O)NCCC(=O)N1CCCCC1. The van der Waals surface area contributed by atoms with Gasteiger partial charge in [-0.2, -0.15) is 0 Å². The molecule has 1 unspecified atom stereocenters. The van der Waals surface area contributed by atoms with Crippen LogP contribution in [0.2, 0.25) is 0 Å². The molecule has 0 bridgehead atoms. The van der Waals surface area contributed by atoms with Crippen LogP contribution in [0, 0.1) is 0 Å². The largest absolute Gasteiger partial charge is 0.354 e. The Labute approximate surface area is 115 Å². The zero-order valence-electron chi connectivity index (χ0n) is 12.0. The third-order valence-corrected chi connectivity index (χ3v) is 3.55. The van der Waals surface area contributed by atoms with Crippen LogP contribution in [-0.4, -0.2) is 42.4 Å². The van der Waals surface area contributed by atoms with Gasteiger partial charge in [-0.3, -0.25) is 9.59 Å². The number of hydrogen-bond donors (Lipinski definition) is 2. The summed E-state index contributed by atoms with van der Waals surface area (Å²) in [4.78, 5) is 25.4. The fourth-order valence-electron chi connectivity index (χ4n) is 2.28. The molecule has 0 aromatic carbocycles. The van der Waals surface area contributed by atoms with Gasteiger partial charge in [0.25, 0.3) is 0 Å². The zero-order valence-corrected chi connectivity index (χ0v) is 12.0. The van der Waals surface area contributed by atoms with Gasteiger partial charge in [0.2, 0.25) is 11.8 Å². The van der Waals surface area contributed by atoms with Crippen molar-refractivity contribution in [2.45, 2.75) is 57.9 Å². The van der Waals surface area contributed by atoms with Gasteiger partial charge in [0.05, 0.1) is 6.04 Å². The molecule has 1 fully saturated rings. The van der Waals surface area contributed by atoms with E-state index in [0.717, 1.165) is 38.8 Å². The van der Waals surface area contributed by atoms with Crippen LogP contribution in [0.1, 0.15) is 51.9 Å². The highest BCUT2D eigenvalue weighted by atomic mass is 16.2. The highest BCUT2D eigenvalue weighted by Crippen LogP contribution is 2.09. The lowest BCUT2D eigenvalue weighted by atomic mass is 10.1. The number of unbranched alkanes of at least 4 members (excludes halogenated alkanes) is 1. The molecule has 19 heavy (non-hydrogen) atoms. The second kappa shape index (κ2) is 8.91. The van der Waals surface area contributed by atoms with Gasteiger partial charge in [0.15, 0.2) is 0 Å². The number of hydrogen-bond acceptors (Lipinski definition) is 3. The van der Waals surface area contributed by atoms with Crippen LogP contribution < -0.4 is 11.1 Å². The molecule has 1 aliphatic heterocycles. The second-order valence-corrected chi connectivity index (χ2v) is 5.23. The minimum Gasteiger partial charge on any atom is -0.354 e. The third kappa shape index (κ3) is 6.05. The first kappa shape index (κ1) is 16.0. The van der Waals surface area contributed by atoms with E-state index in [9.17, 15) is 9.59 Å². The van der Waals surface area contributed by atoms with Gasteiger partial charge in [0.1, 0.15) is 0 Å². The maximum atomic E-state index is 11.9. The van der Waals surface area contributed by atoms with Crippen LogP contribution in [-0.2, 0) is 9.59 Å². The number of likely N-dealkylation sites (tertiary alicyclic amines) is 1. The number of nitrogens with two attached hydrogens (primary N) is 1. The number of carbonyl (C=O) groups is 2. The molecule has 110 valence electrons. The van der Waals surface area contributed by atoms with Gasteiger partial charge in [0, 0.05) is 26.1 Å². The standard InChI is InChI=1S/C14H27N3O2/c1-2-3-7-12(15)14(19)16-9-8-13(18)17-10-5-4-6-11-17/h12H,2-11,15H2,1H3,(H,16,19). The molecule has 0 aliphatic carbocycles. The van der Waals surface area contributed by atoms with Gasteiger partial charge in [-0.25, -0.2) is 0 Å². The minimum atomic E-state index is -0.440. The fraction of sp³-hybridized carbons (Fsp3) is 0.857. The van der Waals surface area contributed by atoms with Crippen molar-refractivity contribution in [2.24, 2.45) is 5.73 Å². The molecular formula is C14H27N3O2. The van der Waals surface area contributed by atoms with E-state index < -0.39 is 6.04 Å². The Balaban J connectivity index is 2.14.